The number of carbonyl (C=O) groups excluding carboxylic acids is 1. The average molecular weight is 324 g/mol. The molecular weight excluding hydrogens is 292 g/mol. The molecule has 4 nitrogen and oxygen atoms in total. The topological polar surface area (TPSA) is 63.6 Å². The van der Waals surface area contributed by atoms with Gasteiger partial charge in [0.25, 0.3) is 0 Å². The molecule has 0 rings (SSSR count). The van der Waals surface area contributed by atoms with E-state index in [-0.39, 0.29) is 5.97 Å². The average Bonchev–Trinajstić information content (AvgIpc) is 2.53. The molecule has 0 bridgehead atoms. The van der Waals surface area contributed by atoms with E-state index in [1.807, 2.05) is 0 Å². The number of methoxy groups -OCH3 is 1. The van der Waals surface area contributed by atoms with E-state index in [2.05, 4.69) is 16.6 Å². The van der Waals surface area contributed by atoms with Crippen LogP contribution >= 0.6 is 0 Å². The normalized spacial score (nSPS) is 9.96. The van der Waals surface area contributed by atoms with E-state index in [1.54, 1.807) is 0 Å². The minimum Gasteiger partial charge on any atom is -0.481 e. The molecule has 0 aliphatic heterocycles. The molecule has 0 spiro atoms. The van der Waals surface area contributed by atoms with Crippen LogP contribution in [0.25, 0.3) is 0 Å². The molecule has 0 aromatic carbocycles. The van der Waals surface area contributed by atoms with Gasteiger partial charge in [0.15, 0.2) is 0 Å². The van der Waals surface area contributed by atoms with Gasteiger partial charge in [-0.3, -0.25) is 9.59 Å². The van der Waals surface area contributed by atoms with Gasteiger partial charge < -0.3 is 9.84 Å². The number of ether oxygens (including phenoxy) is 1. The molecule has 0 unspecified atom stereocenters. The first kappa shape index (κ1) is 21.5. The largest absolute Gasteiger partial charge is 0.481 e. The van der Waals surface area contributed by atoms with Crippen molar-refractivity contribution in [3.63, 3.8) is 0 Å². The lowest BCUT2D eigenvalue weighted by atomic mass is 10.1. The van der Waals surface area contributed by atoms with E-state index in [9.17, 15) is 9.59 Å². The molecule has 0 aliphatic rings. The minimum absolute atomic E-state index is 0.119. The zero-order valence-corrected chi connectivity index (χ0v) is 14.6. The molecule has 0 aromatic rings. The van der Waals surface area contributed by atoms with Crippen molar-refractivity contribution in [2.75, 3.05) is 7.11 Å². The molecule has 0 atom stereocenters. The number of hydrogen-bond acceptors (Lipinski definition) is 3. The first-order valence-corrected chi connectivity index (χ1v) is 8.91. The van der Waals surface area contributed by atoms with Gasteiger partial charge in [-0.1, -0.05) is 38.5 Å². The smallest absolute Gasteiger partial charge is 0.305 e. The number of rotatable bonds is 14. The maximum atomic E-state index is 10.9. The van der Waals surface area contributed by atoms with Crippen LogP contribution in [0.3, 0.4) is 0 Å². The highest BCUT2D eigenvalue weighted by molar-refractivity contribution is 5.69. The molecule has 0 amide bonds. The van der Waals surface area contributed by atoms with Crippen molar-refractivity contribution in [1.82, 2.24) is 0 Å². The lowest BCUT2D eigenvalue weighted by molar-refractivity contribution is -0.141. The van der Waals surface area contributed by atoms with Gasteiger partial charge in [0, 0.05) is 25.7 Å². The van der Waals surface area contributed by atoms with Crippen molar-refractivity contribution in [3.05, 3.63) is 0 Å². The summed E-state index contributed by atoms with van der Waals surface area (Å²) in [7, 11) is 1.43. The van der Waals surface area contributed by atoms with Crippen LogP contribution in [0.15, 0.2) is 0 Å². The van der Waals surface area contributed by atoms with Gasteiger partial charge in [-0.25, -0.2) is 0 Å². The number of unbranched alkanes of at least 4 members (excludes halogenated alkanes) is 10. The fraction of sp³-hybridized carbons (Fsp3) is 0.789. The Labute approximate surface area is 141 Å². The van der Waals surface area contributed by atoms with E-state index < -0.39 is 5.97 Å². The molecule has 0 aromatic heterocycles. The number of carboxylic acids is 1. The van der Waals surface area contributed by atoms with Crippen molar-refractivity contribution in [3.8, 4) is 11.8 Å². The maximum Gasteiger partial charge on any atom is 0.305 e. The molecule has 132 valence electrons. The molecule has 0 saturated carbocycles. The lowest BCUT2D eigenvalue weighted by Gasteiger charge is -1.99. The Hall–Kier alpha value is -1.50. The van der Waals surface area contributed by atoms with Crippen LogP contribution < -0.4 is 0 Å². The third-order valence-corrected chi connectivity index (χ3v) is 3.73. The van der Waals surface area contributed by atoms with Gasteiger partial charge in [-0.15, -0.1) is 11.8 Å². The van der Waals surface area contributed by atoms with E-state index >= 15 is 0 Å². The van der Waals surface area contributed by atoms with Crippen LogP contribution in [0.1, 0.15) is 89.9 Å². The van der Waals surface area contributed by atoms with Gasteiger partial charge >= 0.3 is 11.9 Å². The van der Waals surface area contributed by atoms with Crippen molar-refractivity contribution in [1.29, 1.82) is 0 Å². The summed E-state index contributed by atoms with van der Waals surface area (Å²) in [6.07, 6.45) is 13.4. The van der Waals surface area contributed by atoms with Crippen LogP contribution in [0.4, 0.5) is 0 Å². The predicted molar refractivity (Wildman–Crippen MR) is 92.1 cm³/mol. The quantitative estimate of drug-likeness (QED) is 0.285. The second-order valence-electron chi connectivity index (χ2n) is 5.86. The van der Waals surface area contributed by atoms with Gasteiger partial charge in [0.05, 0.1) is 7.11 Å². The van der Waals surface area contributed by atoms with E-state index in [1.165, 1.54) is 20.0 Å². The van der Waals surface area contributed by atoms with E-state index in [0.717, 1.165) is 64.2 Å². The third kappa shape index (κ3) is 18.5. The second kappa shape index (κ2) is 16.9. The molecular formula is C19H32O4. The molecule has 0 saturated heterocycles. The Balaban J connectivity index is 3.18. The van der Waals surface area contributed by atoms with Crippen molar-refractivity contribution in [2.45, 2.75) is 89.9 Å². The van der Waals surface area contributed by atoms with Crippen molar-refractivity contribution < 1.29 is 19.4 Å². The summed E-state index contributed by atoms with van der Waals surface area (Å²) in [5.74, 6) is 5.62. The molecule has 4 heteroatoms. The summed E-state index contributed by atoms with van der Waals surface area (Å²) in [6.45, 7) is 0. The fourth-order valence-electron chi connectivity index (χ4n) is 2.31. The predicted octanol–water partition coefficient (Wildman–Crippen LogP) is 4.71. The zero-order chi connectivity index (χ0) is 17.2. The number of esters is 1. The summed E-state index contributed by atoms with van der Waals surface area (Å²) in [5.41, 5.74) is 0. The highest BCUT2D eigenvalue weighted by atomic mass is 16.5. The van der Waals surface area contributed by atoms with Gasteiger partial charge in [-0.05, 0) is 25.7 Å². The van der Waals surface area contributed by atoms with Gasteiger partial charge in [0.1, 0.15) is 0 Å². The molecule has 1 N–H and O–H groups in total. The van der Waals surface area contributed by atoms with Gasteiger partial charge in [0.2, 0.25) is 0 Å². The Morgan fingerprint density at radius 1 is 0.739 bits per heavy atom. The van der Waals surface area contributed by atoms with Crippen LogP contribution in [-0.2, 0) is 14.3 Å². The zero-order valence-electron chi connectivity index (χ0n) is 14.6. The van der Waals surface area contributed by atoms with Crippen LogP contribution in [0.2, 0.25) is 0 Å². The third-order valence-electron chi connectivity index (χ3n) is 3.73. The summed E-state index contributed by atoms with van der Waals surface area (Å²) >= 11 is 0. The van der Waals surface area contributed by atoms with E-state index in [0.29, 0.717) is 12.8 Å². The summed E-state index contributed by atoms with van der Waals surface area (Å²) in [5, 5.41) is 8.52. The lowest BCUT2D eigenvalue weighted by Crippen LogP contribution is -1.98. The highest BCUT2D eigenvalue weighted by Crippen LogP contribution is 2.08. The van der Waals surface area contributed by atoms with Crippen LogP contribution in [-0.4, -0.2) is 24.2 Å². The standard InChI is InChI=1S/C19H32O4/c1-23-19(22)17-15-13-11-9-7-5-3-2-4-6-8-10-12-14-16-18(20)21/h2,4,6-17H2,1H3,(H,20,21). The number of carboxylic acid groups (broad SMARTS) is 1. The Kier molecular flexibility index (Phi) is 15.8. The van der Waals surface area contributed by atoms with Crippen LogP contribution in [0, 0.1) is 11.8 Å². The molecule has 0 fully saturated rings. The summed E-state index contributed by atoms with van der Waals surface area (Å²) < 4.78 is 4.59. The summed E-state index contributed by atoms with van der Waals surface area (Å²) in [6, 6.07) is 0. The Morgan fingerprint density at radius 3 is 1.65 bits per heavy atom. The number of hydrogen-bond donors (Lipinski definition) is 1. The monoisotopic (exact) mass is 324 g/mol. The maximum absolute atomic E-state index is 10.9. The Morgan fingerprint density at radius 2 is 1.17 bits per heavy atom. The summed E-state index contributed by atoms with van der Waals surface area (Å²) in [4.78, 5) is 21.2. The minimum atomic E-state index is -0.691. The van der Waals surface area contributed by atoms with Gasteiger partial charge in [-0.2, -0.15) is 0 Å². The SMILES string of the molecule is COC(=O)CCCCCCC#CCCCCCCCCC(=O)O. The van der Waals surface area contributed by atoms with E-state index in [4.69, 9.17) is 5.11 Å². The van der Waals surface area contributed by atoms with Crippen LogP contribution in [0.5, 0.6) is 0 Å². The first-order chi connectivity index (χ1) is 11.2. The van der Waals surface area contributed by atoms with Crippen molar-refractivity contribution >= 4 is 11.9 Å². The fourth-order valence-corrected chi connectivity index (χ4v) is 2.31. The second-order valence-corrected chi connectivity index (χ2v) is 5.86. The Bertz CT molecular complexity index is 365. The number of carbonyl (C=O) groups is 2. The molecule has 0 aliphatic carbocycles. The highest BCUT2D eigenvalue weighted by Gasteiger charge is 1.98. The number of aliphatic carboxylic acids is 1. The van der Waals surface area contributed by atoms with Crippen molar-refractivity contribution in [2.24, 2.45) is 0 Å². The molecule has 0 radical (unpaired) electrons. The molecule has 0 heterocycles. The molecule has 23 heavy (non-hydrogen) atoms. The first-order valence-electron chi connectivity index (χ1n) is 8.91.